The monoisotopic (exact) mass is 226 g/mol. The topological polar surface area (TPSA) is 41.2 Å². The number of hydrogen-bond donors (Lipinski definition) is 1. The Morgan fingerprint density at radius 3 is 2.00 bits per heavy atom. The molecule has 3 nitrogen and oxygen atoms in total. The molecule has 1 N–H and O–H groups in total. The molecule has 0 aliphatic heterocycles. The largest absolute Gasteiger partial charge is 0.599 e. The van der Waals surface area contributed by atoms with Gasteiger partial charge in [-0.25, -0.2) is 0 Å². The summed E-state index contributed by atoms with van der Waals surface area (Å²) >= 11 is 0. The second kappa shape index (κ2) is 4.12. The molecule has 1 heterocycles. The fraction of sp³-hybridized carbons (Fsp3) is 0. The molecule has 10 heavy (non-hydrogen) atoms. The Bertz CT molecular complexity index is 212. The summed E-state index contributed by atoms with van der Waals surface area (Å²) < 4.78 is 1.08. The maximum Gasteiger partial charge on any atom is 0.599 e. The van der Waals surface area contributed by atoms with Gasteiger partial charge in [0.05, 0.1) is 0 Å². The molecule has 4 heteroatoms. The summed E-state index contributed by atoms with van der Waals surface area (Å²) in [4.78, 5) is 10.2. The van der Waals surface area contributed by atoms with Crippen LogP contribution in [-0.2, 0) is 19.5 Å². The minimum absolute atomic E-state index is 0. The summed E-state index contributed by atoms with van der Waals surface area (Å²) in [6, 6.07) is 5.08. The molecule has 1 aromatic rings. The molecule has 0 amide bonds. The molecule has 0 aromatic carbocycles. The molecule has 54 valence electrons. The van der Waals surface area contributed by atoms with Crippen molar-refractivity contribution in [3.8, 4) is 0 Å². The summed E-state index contributed by atoms with van der Waals surface area (Å²) in [5, 5.41) is 8.35. The standard InChI is InChI=1S/C6H5NO2.Ru/c8-6(9)7-4-2-1-3-5-7;/h1-5H;/p+1. The van der Waals surface area contributed by atoms with Crippen LogP contribution in [0, 0.1) is 0 Å². The Morgan fingerprint density at radius 1 is 1.20 bits per heavy atom. The van der Waals surface area contributed by atoms with Crippen LogP contribution < -0.4 is 4.57 Å². The normalized spacial score (nSPS) is 8.00. The first-order valence-corrected chi connectivity index (χ1v) is 2.50. The van der Waals surface area contributed by atoms with Gasteiger partial charge in [-0.1, -0.05) is 10.6 Å². The van der Waals surface area contributed by atoms with Crippen molar-refractivity contribution >= 4 is 6.09 Å². The fourth-order valence-electron chi connectivity index (χ4n) is 0.526. The zero-order valence-corrected chi connectivity index (χ0v) is 6.78. The van der Waals surface area contributed by atoms with Gasteiger partial charge < -0.3 is 5.11 Å². The van der Waals surface area contributed by atoms with Gasteiger partial charge in [-0.15, -0.1) is 0 Å². The van der Waals surface area contributed by atoms with Crippen molar-refractivity contribution in [3.63, 3.8) is 0 Å². The van der Waals surface area contributed by atoms with Crippen LogP contribution in [0.1, 0.15) is 0 Å². The van der Waals surface area contributed by atoms with Gasteiger partial charge >= 0.3 is 6.09 Å². The van der Waals surface area contributed by atoms with Gasteiger partial charge in [0.15, 0.2) is 12.4 Å². The molecule has 0 unspecified atom stereocenters. The van der Waals surface area contributed by atoms with Gasteiger partial charge in [0.1, 0.15) is 0 Å². The molecule has 0 fully saturated rings. The van der Waals surface area contributed by atoms with Crippen molar-refractivity contribution in [2.24, 2.45) is 0 Å². The van der Waals surface area contributed by atoms with Crippen molar-refractivity contribution in [3.05, 3.63) is 30.6 Å². The van der Waals surface area contributed by atoms with Gasteiger partial charge in [-0.05, 0) is 0 Å². The number of aromatic nitrogens is 1. The fourth-order valence-corrected chi connectivity index (χ4v) is 0.526. The molecule has 1 aromatic heterocycles. The predicted molar refractivity (Wildman–Crippen MR) is 30.1 cm³/mol. The first kappa shape index (κ1) is 9.24. The third-order valence-electron chi connectivity index (χ3n) is 0.936. The number of rotatable bonds is 0. The van der Waals surface area contributed by atoms with Crippen LogP contribution in [0.5, 0.6) is 0 Å². The molecule has 0 radical (unpaired) electrons. The van der Waals surface area contributed by atoms with Crippen LogP contribution in [0.2, 0.25) is 0 Å². The SMILES string of the molecule is O=C(O)[n+]1ccccc1.[Ru]. The van der Waals surface area contributed by atoms with Gasteiger partial charge in [-0.3, -0.25) is 0 Å². The summed E-state index contributed by atoms with van der Waals surface area (Å²) in [5.74, 6) is 0. The predicted octanol–water partition coefficient (Wildman–Crippen LogP) is 0.498. The average Bonchev–Trinajstić information content (AvgIpc) is 1.90. The zero-order chi connectivity index (χ0) is 6.69. The molecular weight excluding hydrogens is 219 g/mol. The van der Waals surface area contributed by atoms with Crippen LogP contribution in [0.3, 0.4) is 0 Å². The van der Waals surface area contributed by atoms with E-state index < -0.39 is 6.09 Å². The van der Waals surface area contributed by atoms with Crippen molar-refractivity contribution in [2.75, 3.05) is 0 Å². The average molecular weight is 225 g/mol. The Morgan fingerprint density at radius 2 is 1.70 bits per heavy atom. The molecule has 0 saturated heterocycles. The van der Waals surface area contributed by atoms with Gasteiger partial charge in [-0.2, -0.15) is 4.79 Å². The number of carbonyl (C=O) groups is 1. The Labute approximate surface area is 71.1 Å². The Balaban J connectivity index is 0.000000810. The molecular formula is C6H6NO2Ru+. The zero-order valence-electron chi connectivity index (χ0n) is 5.04. The van der Waals surface area contributed by atoms with Crippen LogP contribution in [-0.4, -0.2) is 11.2 Å². The molecule has 0 aliphatic rings. The van der Waals surface area contributed by atoms with E-state index >= 15 is 0 Å². The van der Waals surface area contributed by atoms with Crippen molar-refractivity contribution in [2.45, 2.75) is 0 Å². The molecule has 1 rings (SSSR count). The van der Waals surface area contributed by atoms with E-state index in [1.807, 2.05) is 0 Å². The van der Waals surface area contributed by atoms with E-state index in [4.69, 9.17) is 5.11 Å². The minimum Gasteiger partial charge on any atom is -0.427 e. The summed E-state index contributed by atoms with van der Waals surface area (Å²) in [7, 11) is 0. The second-order valence-corrected chi connectivity index (χ2v) is 1.57. The minimum atomic E-state index is -0.962. The van der Waals surface area contributed by atoms with E-state index in [9.17, 15) is 4.79 Å². The van der Waals surface area contributed by atoms with Crippen molar-refractivity contribution in [1.82, 2.24) is 0 Å². The number of hydrogen-bond acceptors (Lipinski definition) is 1. The number of nitrogens with zero attached hydrogens (tertiary/aromatic N) is 1. The van der Waals surface area contributed by atoms with E-state index in [1.165, 1.54) is 12.4 Å². The second-order valence-electron chi connectivity index (χ2n) is 1.57. The number of pyridine rings is 1. The maximum atomic E-state index is 10.2. The third-order valence-corrected chi connectivity index (χ3v) is 0.936. The van der Waals surface area contributed by atoms with Crippen molar-refractivity contribution in [1.29, 1.82) is 0 Å². The first-order chi connectivity index (χ1) is 4.30. The summed E-state index contributed by atoms with van der Waals surface area (Å²) in [5.41, 5.74) is 0. The van der Waals surface area contributed by atoms with Crippen LogP contribution in [0.4, 0.5) is 4.79 Å². The van der Waals surface area contributed by atoms with E-state index in [1.54, 1.807) is 18.2 Å². The van der Waals surface area contributed by atoms with E-state index in [-0.39, 0.29) is 19.5 Å². The first-order valence-electron chi connectivity index (χ1n) is 2.50. The Kier molecular flexibility index (Phi) is 3.81. The maximum absolute atomic E-state index is 10.2. The molecule has 0 atom stereocenters. The van der Waals surface area contributed by atoms with Crippen LogP contribution >= 0.6 is 0 Å². The van der Waals surface area contributed by atoms with Gasteiger partial charge in [0.25, 0.3) is 0 Å². The number of carboxylic acid groups (broad SMARTS) is 1. The Hall–Kier alpha value is -0.757. The van der Waals surface area contributed by atoms with Gasteiger partial charge in [0, 0.05) is 31.6 Å². The smallest absolute Gasteiger partial charge is 0.427 e. The van der Waals surface area contributed by atoms with E-state index in [0.29, 0.717) is 0 Å². The molecule has 0 saturated carbocycles. The molecule has 0 aliphatic carbocycles. The van der Waals surface area contributed by atoms with Crippen LogP contribution in [0.15, 0.2) is 30.6 Å². The molecule has 0 spiro atoms. The summed E-state index contributed by atoms with van der Waals surface area (Å²) in [6.45, 7) is 0. The van der Waals surface area contributed by atoms with Crippen LogP contribution in [0.25, 0.3) is 0 Å². The van der Waals surface area contributed by atoms with Gasteiger partial charge in [0.2, 0.25) is 0 Å². The summed E-state index contributed by atoms with van der Waals surface area (Å²) in [6.07, 6.45) is 1.99. The quantitative estimate of drug-likeness (QED) is 0.516. The third kappa shape index (κ3) is 2.23. The van der Waals surface area contributed by atoms with E-state index in [0.717, 1.165) is 4.57 Å². The van der Waals surface area contributed by atoms with Crippen molar-refractivity contribution < 1.29 is 33.9 Å². The molecule has 0 bridgehead atoms. The van der Waals surface area contributed by atoms with E-state index in [2.05, 4.69) is 0 Å².